The van der Waals surface area contributed by atoms with Gasteiger partial charge < -0.3 is 5.11 Å². The summed E-state index contributed by atoms with van der Waals surface area (Å²) in [7, 11) is 0. The molecule has 0 aliphatic heterocycles. The van der Waals surface area contributed by atoms with Gasteiger partial charge in [-0.3, -0.25) is 0 Å². The fraction of sp³-hybridized carbons (Fsp3) is 0.294. The fourth-order valence-corrected chi connectivity index (χ4v) is 2.32. The van der Waals surface area contributed by atoms with Crippen LogP contribution in [0.4, 0.5) is 22.0 Å². The van der Waals surface area contributed by atoms with Crippen molar-refractivity contribution in [2.24, 2.45) is 0 Å². The van der Waals surface area contributed by atoms with Crippen LogP contribution in [0, 0.1) is 13.8 Å². The summed E-state index contributed by atoms with van der Waals surface area (Å²) in [5, 5.41) is 10.5. The average molecular weight is 330 g/mol. The van der Waals surface area contributed by atoms with Crippen LogP contribution in [0.1, 0.15) is 22.3 Å². The molecule has 0 aliphatic rings. The van der Waals surface area contributed by atoms with Crippen LogP contribution in [0.5, 0.6) is 0 Å². The Bertz CT molecular complexity index is 626. The summed E-state index contributed by atoms with van der Waals surface area (Å²) in [6.45, 7) is 3.33. The van der Waals surface area contributed by atoms with E-state index in [2.05, 4.69) is 0 Å². The Balaban J connectivity index is 2.73. The molecule has 0 spiro atoms. The molecule has 0 atom stereocenters. The van der Waals surface area contributed by atoms with Crippen molar-refractivity contribution in [2.75, 3.05) is 0 Å². The Morgan fingerprint density at radius 3 is 1.22 bits per heavy atom. The summed E-state index contributed by atoms with van der Waals surface area (Å²) in [5.74, 6) is -5.36. The number of hydrogen-bond donors (Lipinski definition) is 1. The van der Waals surface area contributed by atoms with Crippen LogP contribution in [0.15, 0.2) is 48.5 Å². The molecule has 6 heteroatoms. The van der Waals surface area contributed by atoms with E-state index in [1.807, 2.05) is 0 Å². The highest BCUT2D eigenvalue weighted by atomic mass is 19.4. The highest BCUT2D eigenvalue weighted by molar-refractivity contribution is 5.41. The molecular weight excluding hydrogens is 315 g/mol. The number of aryl methyl sites for hydroxylation is 2. The molecule has 23 heavy (non-hydrogen) atoms. The van der Waals surface area contributed by atoms with Gasteiger partial charge in [0, 0.05) is 0 Å². The molecule has 0 saturated carbocycles. The minimum absolute atomic E-state index is 0.519. The normalized spacial score (nSPS) is 13.2. The summed E-state index contributed by atoms with van der Waals surface area (Å²) >= 11 is 0. The molecule has 0 amide bonds. The molecule has 0 fully saturated rings. The fourth-order valence-electron chi connectivity index (χ4n) is 2.32. The van der Waals surface area contributed by atoms with Gasteiger partial charge in [-0.1, -0.05) is 59.7 Å². The first-order valence-electron chi connectivity index (χ1n) is 6.81. The predicted molar refractivity (Wildman–Crippen MR) is 76.4 cm³/mol. The third-order valence-corrected chi connectivity index (χ3v) is 3.75. The minimum atomic E-state index is -5.91. The molecule has 2 aromatic rings. The molecular formula is C17H15F5O. The van der Waals surface area contributed by atoms with Crippen LogP contribution < -0.4 is 0 Å². The quantitative estimate of drug-likeness (QED) is 0.806. The molecule has 124 valence electrons. The monoisotopic (exact) mass is 330 g/mol. The van der Waals surface area contributed by atoms with E-state index in [0.717, 1.165) is 24.3 Å². The zero-order valence-electron chi connectivity index (χ0n) is 12.5. The summed E-state index contributed by atoms with van der Waals surface area (Å²) in [6.07, 6.45) is -5.91. The maximum absolute atomic E-state index is 14.2. The van der Waals surface area contributed by atoms with Gasteiger partial charge in [-0.05, 0) is 25.0 Å². The van der Waals surface area contributed by atoms with E-state index in [1.54, 1.807) is 13.8 Å². The zero-order valence-corrected chi connectivity index (χ0v) is 12.5. The van der Waals surface area contributed by atoms with Gasteiger partial charge in [0.25, 0.3) is 0 Å². The van der Waals surface area contributed by atoms with Gasteiger partial charge in [-0.15, -0.1) is 0 Å². The van der Waals surface area contributed by atoms with Crippen molar-refractivity contribution < 1.29 is 27.1 Å². The van der Waals surface area contributed by atoms with Crippen molar-refractivity contribution in [1.82, 2.24) is 0 Å². The first-order chi connectivity index (χ1) is 10.5. The number of hydrogen-bond acceptors (Lipinski definition) is 1. The Morgan fingerprint density at radius 1 is 0.652 bits per heavy atom. The third-order valence-electron chi connectivity index (χ3n) is 3.75. The molecule has 1 N–H and O–H groups in total. The van der Waals surface area contributed by atoms with Gasteiger partial charge in [-0.2, -0.15) is 22.0 Å². The Kier molecular flexibility index (Phi) is 4.24. The number of benzene rings is 2. The first kappa shape index (κ1) is 17.4. The van der Waals surface area contributed by atoms with Gasteiger partial charge in [-0.25, -0.2) is 0 Å². The van der Waals surface area contributed by atoms with E-state index in [0.29, 0.717) is 11.1 Å². The second-order valence-corrected chi connectivity index (χ2v) is 5.51. The van der Waals surface area contributed by atoms with Crippen molar-refractivity contribution in [2.45, 2.75) is 31.5 Å². The second-order valence-electron chi connectivity index (χ2n) is 5.51. The van der Waals surface area contributed by atoms with E-state index >= 15 is 0 Å². The van der Waals surface area contributed by atoms with Gasteiger partial charge in [0.1, 0.15) is 0 Å². The van der Waals surface area contributed by atoms with Crippen LogP contribution in [0.3, 0.4) is 0 Å². The third kappa shape index (κ3) is 2.83. The number of halogens is 5. The highest BCUT2D eigenvalue weighted by Crippen LogP contribution is 2.51. The summed E-state index contributed by atoms with van der Waals surface area (Å²) in [5.41, 5.74) is -3.19. The van der Waals surface area contributed by atoms with Gasteiger partial charge in [0.2, 0.25) is 0 Å². The largest absolute Gasteiger partial charge is 0.457 e. The summed E-state index contributed by atoms with van der Waals surface area (Å²) < 4.78 is 67.2. The van der Waals surface area contributed by atoms with Crippen LogP contribution in [-0.2, 0) is 5.60 Å². The molecule has 0 saturated heterocycles. The van der Waals surface area contributed by atoms with Crippen LogP contribution in [0.25, 0.3) is 0 Å². The molecule has 0 bridgehead atoms. The first-order valence-corrected chi connectivity index (χ1v) is 6.81. The van der Waals surface area contributed by atoms with E-state index in [9.17, 15) is 27.1 Å². The SMILES string of the molecule is Cc1ccc(C(O)(c2ccc(C)cc2)C(F)(F)C(F)(F)F)cc1. The van der Waals surface area contributed by atoms with Crippen molar-refractivity contribution in [3.05, 3.63) is 70.8 Å². The second kappa shape index (κ2) is 5.60. The lowest BCUT2D eigenvalue weighted by atomic mass is 9.80. The summed E-state index contributed by atoms with van der Waals surface area (Å²) in [6, 6.07) is 9.82. The molecule has 0 unspecified atom stereocenters. The van der Waals surface area contributed by atoms with Crippen LogP contribution in [0.2, 0.25) is 0 Å². The molecule has 0 aliphatic carbocycles. The van der Waals surface area contributed by atoms with Crippen molar-refractivity contribution in [1.29, 1.82) is 0 Å². The lowest BCUT2D eigenvalue weighted by Gasteiger charge is -2.37. The zero-order chi connectivity index (χ0) is 17.5. The molecule has 0 radical (unpaired) electrons. The van der Waals surface area contributed by atoms with Crippen molar-refractivity contribution >= 4 is 0 Å². The maximum Gasteiger partial charge on any atom is 0.457 e. The Hall–Kier alpha value is -1.95. The number of aliphatic hydroxyl groups is 1. The molecule has 1 nitrogen and oxygen atoms in total. The van der Waals surface area contributed by atoms with Crippen molar-refractivity contribution in [3.63, 3.8) is 0 Å². The Labute approximate surface area is 130 Å². The minimum Gasteiger partial charge on any atom is -0.374 e. The maximum atomic E-state index is 14.2. The van der Waals surface area contributed by atoms with E-state index in [4.69, 9.17) is 0 Å². The molecule has 2 aromatic carbocycles. The predicted octanol–water partition coefficient (Wildman–Crippen LogP) is 4.74. The topological polar surface area (TPSA) is 20.2 Å². The average Bonchev–Trinajstić information content (AvgIpc) is 2.46. The van der Waals surface area contributed by atoms with Gasteiger partial charge >= 0.3 is 12.1 Å². The number of alkyl halides is 5. The van der Waals surface area contributed by atoms with Gasteiger partial charge in [0.15, 0.2) is 5.60 Å². The number of rotatable bonds is 3. The van der Waals surface area contributed by atoms with E-state index in [-0.39, 0.29) is 0 Å². The molecule has 0 heterocycles. The van der Waals surface area contributed by atoms with Crippen molar-refractivity contribution in [3.8, 4) is 0 Å². The highest BCUT2D eigenvalue weighted by Gasteiger charge is 2.71. The van der Waals surface area contributed by atoms with Gasteiger partial charge in [0.05, 0.1) is 0 Å². The smallest absolute Gasteiger partial charge is 0.374 e. The Morgan fingerprint density at radius 2 is 0.957 bits per heavy atom. The summed E-state index contributed by atoms with van der Waals surface area (Å²) in [4.78, 5) is 0. The molecule has 0 aromatic heterocycles. The van der Waals surface area contributed by atoms with E-state index in [1.165, 1.54) is 24.3 Å². The lowest BCUT2D eigenvalue weighted by molar-refractivity contribution is -0.336. The standard InChI is InChI=1S/C17H15F5O/c1-11-3-7-13(8-4-11)15(23,16(18,19)17(20,21)22)14-9-5-12(2)6-10-14/h3-10,23H,1-2H3. The lowest BCUT2D eigenvalue weighted by Crippen LogP contribution is -2.55. The van der Waals surface area contributed by atoms with E-state index < -0.39 is 28.8 Å². The van der Waals surface area contributed by atoms with Crippen LogP contribution >= 0.6 is 0 Å². The molecule has 2 rings (SSSR count). The van der Waals surface area contributed by atoms with Crippen LogP contribution in [-0.4, -0.2) is 17.2 Å².